The van der Waals surface area contributed by atoms with Gasteiger partial charge in [-0.1, -0.05) is 12.1 Å². The summed E-state index contributed by atoms with van der Waals surface area (Å²) in [7, 11) is 0. The van der Waals surface area contributed by atoms with E-state index in [1.165, 1.54) is 12.1 Å². The number of hydrogen-bond donors (Lipinski definition) is 3. The Morgan fingerprint density at radius 2 is 1.96 bits per heavy atom. The molecule has 0 aliphatic carbocycles. The summed E-state index contributed by atoms with van der Waals surface area (Å²) in [6, 6.07) is 9.81. The minimum absolute atomic E-state index is 0.0487. The molecule has 1 aromatic carbocycles. The topological polar surface area (TPSA) is 113 Å². The second-order valence-corrected chi connectivity index (χ2v) is 6.16. The Bertz CT molecular complexity index is 766. The number of rotatable bonds is 7. The summed E-state index contributed by atoms with van der Waals surface area (Å²) < 4.78 is 5.50. The monoisotopic (exact) mass is 360 g/mol. The van der Waals surface area contributed by atoms with Gasteiger partial charge < -0.3 is 20.2 Å². The van der Waals surface area contributed by atoms with E-state index in [9.17, 15) is 15.2 Å². The summed E-state index contributed by atoms with van der Waals surface area (Å²) in [6.45, 7) is 6.66. The zero-order chi connectivity index (χ0) is 19.2. The average molecular weight is 360 g/mol. The lowest BCUT2D eigenvalue weighted by Crippen LogP contribution is -2.44. The van der Waals surface area contributed by atoms with Gasteiger partial charge in [-0.3, -0.25) is 10.1 Å². The van der Waals surface area contributed by atoms with Gasteiger partial charge in [-0.05, 0) is 38.5 Å². The van der Waals surface area contributed by atoms with Crippen LogP contribution in [0.4, 0.5) is 5.69 Å². The van der Waals surface area contributed by atoms with Crippen molar-refractivity contribution in [3.05, 3.63) is 63.6 Å². The Morgan fingerprint density at radius 3 is 2.50 bits per heavy atom. The standard InChI is InChI=1S/C18H24N4O4/c1-4-19-17(20-11-14-6-8-15(9-7-14)22(24)25)21-12-18(3,23)16-10-5-13(2)26-16/h5-10,23H,4,11-12H2,1-3H3,(H2,19,20,21). The van der Waals surface area contributed by atoms with Gasteiger partial charge >= 0.3 is 0 Å². The van der Waals surface area contributed by atoms with Crippen LogP contribution in [0.3, 0.4) is 0 Å². The molecule has 2 rings (SSSR count). The summed E-state index contributed by atoms with van der Waals surface area (Å²) in [5.41, 5.74) is -0.286. The summed E-state index contributed by atoms with van der Waals surface area (Å²) in [5.74, 6) is 1.75. The number of guanidine groups is 1. The van der Waals surface area contributed by atoms with Crippen LogP contribution in [0.1, 0.15) is 30.9 Å². The molecular formula is C18H24N4O4. The van der Waals surface area contributed by atoms with Crippen LogP contribution in [-0.4, -0.2) is 29.1 Å². The molecule has 0 bridgehead atoms. The first kappa shape index (κ1) is 19.5. The molecule has 0 amide bonds. The predicted octanol–water partition coefficient (Wildman–Crippen LogP) is 2.46. The summed E-state index contributed by atoms with van der Waals surface area (Å²) in [5, 5.41) is 27.5. The first-order valence-corrected chi connectivity index (χ1v) is 8.36. The number of aliphatic hydroxyl groups is 1. The Labute approximate surface area is 152 Å². The molecule has 1 heterocycles. The van der Waals surface area contributed by atoms with Gasteiger partial charge in [-0.15, -0.1) is 0 Å². The van der Waals surface area contributed by atoms with Crippen LogP contribution in [-0.2, 0) is 12.1 Å². The van der Waals surface area contributed by atoms with Crippen molar-refractivity contribution < 1.29 is 14.4 Å². The molecule has 140 valence electrons. The molecule has 1 aromatic heterocycles. The number of aryl methyl sites for hydroxylation is 1. The van der Waals surface area contributed by atoms with Crippen LogP contribution >= 0.6 is 0 Å². The van der Waals surface area contributed by atoms with Crippen molar-refractivity contribution in [1.29, 1.82) is 0 Å². The molecule has 0 spiro atoms. The predicted molar refractivity (Wildman–Crippen MR) is 98.9 cm³/mol. The van der Waals surface area contributed by atoms with E-state index in [0.29, 0.717) is 24.8 Å². The average Bonchev–Trinajstić information content (AvgIpc) is 3.05. The van der Waals surface area contributed by atoms with Crippen molar-refractivity contribution in [1.82, 2.24) is 10.6 Å². The van der Waals surface area contributed by atoms with Gasteiger partial charge in [0.2, 0.25) is 0 Å². The number of furan rings is 1. The zero-order valence-electron chi connectivity index (χ0n) is 15.2. The fourth-order valence-electron chi connectivity index (χ4n) is 2.30. The highest BCUT2D eigenvalue weighted by molar-refractivity contribution is 5.79. The summed E-state index contributed by atoms with van der Waals surface area (Å²) in [4.78, 5) is 14.7. The number of nitro benzene ring substituents is 1. The third-order valence-corrected chi connectivity index (χ3v) is 3.78. The molecule has 0 fully saturated rings. The van der Waals surface area contributed by atoms with Crippen LogP contribution < -0.4 is 10.6 Å². The molecular weight excluding hydrogens is 336 g/mol. The Hall–Kier alpha value is -2.87. The smallest absolute Gasteiger partial charge is 0.269 e. The van der Waals surface area contributed by atoms with Crippen LogP contribution in [0.15, 0.2) is 45.8 Å². The molecule has 1 atom stereocenters. The maximum atomic E-state index is 10.7. The molecule has 8 nitrogen and oxygen atoms in total. The van der Waals surface area contributed by atoms with Crippen LogP contribution in [0, 0.1) is 17.0 Å². The second-order valence-electron chi connectivity index (χ2n) is 6.16. The molecule has 0 saturated heterocycles. The molecule has 0 aliphatic rings. The molecule has 1 unspecified atom stereocenters. The van der Waals surface area contributed by atoms with E-state index >= 15 is 0 Å². The second kappa shape index (κ2) is 8.48. The number of nitrogens with one attached hydrogen (secondary N) is 2. The number of nitrogens with zero attached hydrogens (tertiary/aromatic N) is 2. The Kier molecular flexibility index (Phi) is 6.35. The quantitative estimate of drug-likeness (QED) is 0.303. The number of non-ortho nitro benzene ring substituents is 1. The highest BCUT2D eigenvalue weighted by Gasteiger charge is 2.27. The Morgan fingerprint density at radius 1 is 1.27 bits per heavy atom. The molecule has 8 heteroatoms. The van der Waals surface area contributed by atoms with Gasteiger partial charge in [0.05, 0.1) is 18.0 Å². The van der Waals surface area contributed by atoms with E-state index in [-0.39, 0.29) is 12.2 Å². The van der Waals surface area contributed by atoms with Crippen molar-refractivity contribution in [2.45, 2.75) is 32.9 Å². The SMILES string of the molecule is CCNC(=NCc1ccc([N+](=O)[O-])cc1)NCC(C)(O)c1ccc(C)o1. The van der Waals surface area contributed by atoms with Gasteiger partial charge in [0, 0.05) is 18.7 Å². The van der Waals surface area contributed by atoms with E-state index in [0.717, 1.165) is 11.3 Å². The number of nitro groups is 1. The van der Waals surface area contributed by atoms with Crippen LogP contribution in [0.5, 0.6) is 0 Å². The zero-order valence-corrected chi connectivity index (χ0v) is 15.2. The highest BCUT2D eigenvalue weighted by Crippen LogP contribution is 2.21. The summed E-state index contributed by atoms with van der Waals surface area (Å²) in [6.07, 6.45) is 0. The molecule has 0 aliphatic heterocycles. The van der Waals surface area contributed by atoms with Gasteiger partial charge in [-0.25, -0.2) is 4.99 Å². The van der Waals surface area contributed by atoms with E-state index in [1.807, 2.05) is 13.8 Å². The number of hydrogen-bond acceptors (Lipinski definition) is 5. The van der Waals surface area contributed by atoms with Gasteiger partial charge in [0.1, 0.15) is 17.1 Å². The van der Waals surface area contributed by atoms with Crippen LogP contribution in [0.25, 0.3) is 0 Å². The Balaban J connectivity index is 2.00. The number of aliphatic imine (C=N–C) groups is 1. The molecule has 26 heavy (non-hydrogen) atoms. The molecule has 2 aromatic rings. The third kappa shape index (κ3) is 5.32. The molecule has 0 radical (unpaired) electrons. The number of benzene rings is 1. The van der Waals surface area contributed by atoms with Crippen molar-refractivity contribution in [3.8, 4) is 0 Å². The largest absolute Gasteiger partial charge is 0.463 e. The van der Waals surface area contributed by atoms with Gasteiger partial charge in [0.25, 0.3) is 5.69 Å². The normalized spacial score (nSPS) is 13.9. The highest BCUT2D eigenvalue weighted by atomic mass is 16.6. The molecule has 0 saturated carbocycles. The van der Waals surface area contributed by atoms with Gasteiger partial charge in [0.15, 0.2) is 5.96 Å². The fraction of sp³-hybridized carbons (Fsp3) is 0.389. The van der Waals surface area contributed by atoms with Crippen LogP contribution in [0.2, 0.25) is 0 Å². The van der Waals surface area contributed by atoms with Crippen molar-refractivity contribution >= 4 is 11.6 Å². The lowest BCUT2D eigenvalue weighted by molar-refractivity contribution is -0.384. The van der Waals surface area contributed by atoms with E-state index < -0.39 is 10.5 Å². The summed E-state index contributed by atoms with van der Waals surface area (Å²) >= 11 is 0. The van der Waals surface area contributed by atoms with E-state index in [1.54, 1.807) is 31.2 Å². The van der Waals surface area contributed by atoms with E-state index in [2.05, 4.69) is 15.6 Å². The maximum Gasteiger partial charge on any atom is 0.269 e. The first-order chi connectivity index (χ1) is 12.3. The van der Waals surface area contributed by atoms with Crippen molar-refractivity contribution in [2.75, 3.05) is 13.1 Å². The maximum absolute atomic E-state index is 10.7. The van der Waals surface area contributed by atoms with Gasteiger partial charge in [-0.2, -0.15) is 0 Å². The lowest BCUT2D eigenvalue weighted by atomic mass is 10.0. The lowest BCUT2D eigenvalue weighted by Gasteiger charge is -2.22. The third-order valence-electron chi connectivity index (χ3n) is 3.78. The van der Waals surface area contributed by atoms with Crippen molar-refractivity contribution in [2.24, 2.45) is 4.99 Å². The fourth-order valence-corrected chi connectivity index (χ4v) is 2.30. The minimum Gasteiger partial charge on any atom is -0.463 e. The first-order valence-electron chi connectivity index (χ1n) is 8.36. The molecule has 3 N–H and O–H groups in total. The minimum atomic E-state index is -1.18. The van der Waals surface area contributed by atoms with E-state index in [4.69, 9.17) is 4.42 Å². The van der Waals surface area contributed by atoms with Crippen molar-refractivity contribution in [3.63, 3.8) is 0 Å².